The first-order valence-electron chi connectivity index (χ1n) is 6.75. The van der Waals surface area contributed by atoms with Crippen molar-refractivity contribution in [3.8, 4) is 0 Å². The minimum Gasteiger partial charge on any atom is -0.399 e. The molecule has 3 N–H and O–H groups in total. The Balaban J connectivity index is 2.48. The van der Waals surface area contributed by atoms with Crippen molar-refractivity contribution in [2.75, 3.05) is 18.9 Å². The summed E-state index contributed by atoms with van der Waals surface area (Å²) in [5.41, 5.74) is 5.92. The van der Waals surface area contributed by atoms with Crippen molar-refractivity contribution in [3.05, 3.63) is 22.2 Å². The van der Waals surface area contributed by atoms with Crippen LogP contribution in [0.5, 0.6) is 0 Å². The van der Waals surface area contributed by atoms with E-state index in [9.17, 15) is 13.5 Å². The summed E-state index contributed by atoms with van der Waals surface area (Å²) >= 11 is 12.1. The van der Waals surface area contributed by atoms with Crippen LogP contribution in [0.2, 0.25) is 10.0 Å². The predicted octanol–water partition coefficient (Wildman–Crippen LogP) is 2.50. The molecular formula is C13H18Cl2N2O3S. The number of hydrogen-bond donors (Lipinski definition) is 2. The monoisotopic (exact) mass is 352 g/mol. The summed E-state index contributed by atoms with van der Waals surface area (Å²) in [6.45, 7) is -0.218. The number of benzene rings is 1. The Bertz CT molecular complexity index is 593. The largest absolute Gasteiger partial charge is 0.399 e. The third kappa shape index (κ3) is 3.46. The molecule has 1 aliphatic carbocycles. The van der Waals surface area contributed by atoms with Gasteiger partial charge in [-0.3, -0.25) is 0 Å². The highest BCUT2D eigenvalue weighted by Crippen LogP contribution is 2.36. The maximum absolute atomic E-state index is 12.9. The lowest BCUT2D eigenvalue weighted by molar-refractivity contribution is 0.226. The van der Waals surface area contributed by atoms with Crippen molar-refractivity contribution in [2.45, 2.75) is 36.6 Å². The van der Waals surface area contributed by atoms with E-state index in [0.29, 0.717) is 5.69 Å². The molecule has 5 nitrogen and oxygen atoms in total. The first-order chi connectivity index (χ1) is 9.87. The van der Waals surface area contributed by atoms with Crippen LogP contribution in [0.3, 0.4) is 0 Å². The summed E-state index contributed by atoms with van der Waals surface area (Å²) < 4.78 is 27.0. The fraction of sp³-hybridized carbons (Fsp3) is 0.538. The number of aliphatic hydroxyl groups is 1. The molecule has 1 aromatic rings. The van der Waals surface area contributed by atoms with Crippen molar-refractivity contribution < 1.29 is 13.5 Å². The molecule has 1 aliphatic rings. The van der Waals surface area contributed by atoms with Crippen LogP contribution in [0.15, 0.2) is 17.0 Å². The molecule has 0 aliphatic heterocycles. The molecule has 0 unspecified atom stereocenters. The van der Waals surface area contributed by atoms with Gasteiger partial charge in [0.05, 0.1) is 16.7 Å². The summed E-state index contributed by atoms with van der Waals surface area (Å²) in [4.78, 5) is -0.139. The van der Waals surface area contributed by atoms with E-state index in [-0.39, 0.29) is 34.1 Å². The van der Waals surface area contributed by atoms with E-state index in [4.69, 9.17) is 28.9 Å². The number of aliphatic hydroxyl groups excluding tert-OH is 1. The number of anilines is 1. The van der Waals surface area contributed by atoms with E-state index < -0.39 is 10.0 Å². The van der Waals surface area contributed by atoms with Gasteiger partial charge in [-0.25, -0.2) is 8.42 Å². The Morgan fingerprint density at radius 2 is 1.76 bits per heavy atom. The molecule has 0 saturated heterocycles. The van der Waals surface area contributed by atoms with E-state index in [2.05, 4.69) is 0 Å². The van der Waals surface area contributed by atoms with Crippen LogP contribution < -0.4 is 5.73 Å². The van der Waals surface area contributed by atoms with E-state index in [1.54, 1.807) is 0 Å². The molecule has 0 atom stereocenters. The predicted molar refractivity (Wildman–Crippen MR) is 84.1 cm³/mol. The van der Waals surface area contributed by atoms with E-state index in [1.807, 2.05) is 0 Å². The zero-order valence-electron chi connectivity index (χ0n) is 11.4. The first kappa shape index (κ1) is 16.8. The van der Waals surface area contributed by atoms with Crippen molar-refractivity contribution in [1.29, 1.82) is 0 Å². The zero-order valence-corrected chi connectivity index (χ0v) is 13.8. The Hall–Kier alpha value is -0.530. The van der Waals surface area contributed by atoms with E-state index in [1.165, 1.54) is 16.4 Å². The second kappa shape index (κ2) is 6.71. The topological polar surface area (TPSA) is 83.6 Å². The molecule has 8 heteroatoms. The molecule has 0 amide bonds. The maximum Gasteiger partial charge on any atom is 0.246 e. The van der Waals surface area contributed by atoms with Crippen LogP contribution in [-0.2, 0) is 10.0 Å². The zero-order chi connectivity index (χ0) is 15.6. The van der Waals surface area contributed by atoms with Gasteiger partial charge in [0.25, 0.3) is 0 Å². The molecule has 0 bridgehead atoms. The van der Waals surface area contributed by atoms with Gasteiger partial charge in [-0.2, -0.15) is 4.31 Å². The molecule has 0 heterocycles. The lowest BCUT2D eigenvalue weighted by atomic mass is 10.2. The summed E-state index contributed by atoms with van der Waals surface area (Å²) in [7, 11) is -3.87. The van der Waals surface area contributed by atoms with Gasteiger partial charge in [0.2, 0.25) is 10.0 Å². The Labute approximate surface area is 134 Å². The molecule has 0 aromatic heterocycles. The quantitative estimate of drug-likeness (QED) is 0.797. The average Bonchev–Trinajstić information content (AvgIpc) is 2.87. The fourth-order valence-corrected chi connectivity index (χ4v) is 5.59. The van der Waals surface area contributed by atoms with Crippen molar-refractivity contribution in [2.24, 2.45) is 0 Å². The van der Waals surface area contributed by atoms with Crippen LogP contribution in [0.25, 0.3) is 0 Å². The van der Waals surface area contributed by atoms with Gasteiger partial charge in [0.1, 0.15) is 4.90 Å². The molecule has 2 rings (SSSR count). The molecule has 1 saturated carbocycles. The molecule has 1 fully saturated rings. The molecular weight excluding hydrogens is 335 g/mol. The number of sulfonamides is 1. The Morgan fingerprint density at radius 1 is 1.24 bits per heavy atom. The number of rotatable bonds is 5. The van der Waals surface area contributed by atoms with Gasteiger partial charge < -0.3 is 10.8 Å². The highest BCUT2D eigenvalue weighted by molar-refractivity contribution is 7.89. The fourth-order valence-electron chi connectivity index (χ4n) is 2.73. The molecule has 0 spiro atoms. The van der Waals surface area contributed by atoms with Gasteiger partial charge in [0, 0.05) is 18.3 Å². The van der Waals surface area contributed by atoms with Crippen molar-refractivity contribution in [3.63, 3.8) is 0 Å². The second-order valence-corrected chi connectivity index (χ2v) is 7.73. The number of nitrogens with two attached hydrogens (primary N) is 1. The third-order valence-electron chi connectivity index (χ3n) is 3.64. The molecule has 1 aromatic carbocycles. The van der Waals surface area contributed by atoms with Crippen LogP contribution in [-0.4, -0.2) is 37.0 Å². The van der Waals surface area contributed by atoms with Gasteiger partial charge >= 0.3 is 0 Å². The summed E-state index contributed by atoms with van der Waals surface area (Å²) in [5.74, 6) is 0. The van der Waals surface area contributed by atoms with Crippen molar-refractivity contribution >= 4 is 38.9 Å². The van der Waals surface area contributed by atoms with Gasteiger partial charge in [-0.15, -0.1) is 0 Å². The lowest BCUT2D eigenvalue weighted by Gasteiger charge is -2.28. The van der Waals surface area contributed by atoms with Gasteiger partial charge in [-0.1, -0.05) is 36.0 Å². The third-order valence-corrected chi connectivity index (χ3v) is 6.51. The number of halogens is 2. The van der Waals surface area contributed by atoms with Gasteiger partial charge in [-0.05, 0) is 25.0 Å². The molecule has 21 heavy (non-hydrogen) atoms. The normalized spacial score (nSPS) is 16.8. The molecule has 0 radical (unpaired) electrons. The maximum atomic E-state index is 12.9. The van der Waals surface area contributed by atoms with Crippen LogP contribution in [0.4, 0.5) is 5.69 Å². The Kier molecular flexibility index (Phi) is 5.38. The Morgan fingerprint density at radius 3 is 2.24 bits per heavy atom. The summed E-state index contributed by atoms with van der Waals surface area (Å²) in [6.07, 6.45) is 3.52. The minimum atomic E-state index is -3.87. The van der Waals surface area contributed by atoms with E-state index in [0.717, 1.165) is 25.7 Å². The number of hydrogen-bond acceptors (Lipinski definition) is 4. The van der Waals surface area contributed by atoms with Crippen LogP contribution in [0.1, 0.15) is 25.7 Å². The van der Waals surface area contributed by atoms with Gasteiger partial charge in [0.15, 0.2) is 0 Å². The highest BCUT2D eigenvalue weighted by atomic mass is 35.5. The number of nitrogen functional groups attached to an aromatic ring is 1. The smallest absolute Gasteiger partial charge is 0.246 e. The lowest BCUT2D eigenvalue weighted by Crippen LogP contribution is -2.40. The SMILES string of the molecule is Nc1cc(Cl)c(S(=O)(=O)N(CCO)C2CCCC2)c(Cl)c1. The van der Waals surface area contributed by atoms with E-state index >= 15 is 0 Å². The second-order valence-electron chi connectivity index (χ2n) is 5.09. The van der Waals surface area contributed by atoms with Crippen molar-refractivity contribution in [1.82, 2.24) is 4.31 Å². The van der Waals surface area contributed by atoms with Crippen LogP contribution in [0, 0.1) is 0 Å². The molecule has 118 valence electrons. The number of nitrogens with zero attached hydrogens (tertiary/aromatic N) is 1. The average molecular weight is 353 g/mol. The summed E-state index contributed by atoms with van der Waals surface area (Å²) in [6, 6.07) is 2.62. The van der Waals surface area contributed by atoms with Crippen LogP contribution >= 0.6 is 23.2 Å². The first-order valence-corrected chi connectivity index (χ1v) is 8.94. The highest BCUT2D eigenvalue weighted by Gasteiger charge is 2.35. The minimum absolute atomic E-state index is 0.000867. The summed E-state index contributed by atoms with van der Waals surface area (Å²) in [5, 5.41) is 9.20. The standard InChI is InChI=1S/C13H18Cl2N2O3S/c14-11-7-9(16)8-12(15)13(11)21(19,20)17(5-6-18)10-3-1-2-4-10/h7-8,10,18H,1-6,16H2.